The maximum absolute atomic E-state index is 12.2. The molecule has 29 heavy (non-hydrogen) atoms. The van der Waals surface area contributed by atoms with Gasteiger partial charge in [0.25, 0.3) is 5.91 Å². The van der Waals surface area contributed by atoms with Gasteiger partial charge in [-0.2, -0.15) is 0 Å². The minimum Gasteiger partial charge on any atom is -0.351 e. The number of nitrogens with two attached hydrogens (primary N) is 2. The molecule has 0 saturated heterocycles. The van der Waals surface area contributed by atoms with Crippen molar-refractivity contribution in [1.82, 2.24) is 15.4 Å². The Bertz CT molecular complexity index is 1390. The van der Waals surface area contributed by atoms with Crippen molar-refractivity contribution in [3.63, 3.8) is 0 Å². The number of carbonyl (C=O) groups is 1. The van der Waals surface area contributed by atoms with Gasteiger partial charge in [-0.15, -0.1) is 0 Å². The number of nitrogens with one attached hydrogen (secondary N) is 2. The largest absolute Gasteiger partial charge is 0.351 e. The van der Waals surface area contributed by atoms with E-state index in [9.17, 15) is 4.79 Å². The molecule has 0 saturated carbocycles. The van der Waals surface area contributed by atoms with Gasteiger partial charge in [0.2, 0.25) is 0 Å². The van der Waals surface area contributed by atoms with Crippen LogP contribution in [0.5, 0.6) is 0 Å². The zero-order valence-corrected chi connectivity index (χ0v) is 15.4. The Labute approximate surface area is 165 Å². The number of fused-ring (bicyclic) bond motifs is 4. The molecule has 0 aliphatic carbocycles. The maximum Gasteiger partial charge on any atom is 0.283 e. The minimum absolute atomic E-state index is 0.191. The summed E-state index contributed by atoms with van der Waals surface area (Å²) < 4.78 is 0. The van der Waals surface area contributed by atoms with Crippen LogP contribution in [0.1, 0.15) is 10.5 Å². The van der Waals surface area contributed by atoms with E-state index in [1.54, 1.807) is 6.07 Å². The maximum atomic E-state index is 12.2. The van der Waals surface area contributed by atoms with Gasteiger partial charge in [-0.1, -0.05) is 48.5 Å². The van der Waals surface area contributed by atoms with Gasteiger partial charge in [0, 0.05) is 16.3 Å². The molecular formula is C22H18N6O. The summed E-state index contributed by atoms with van der Waals surface area (Å²) in [7, 11) is 0. The lowest BCUT2D eigenvalue weighted by Gasteiger charge is -2.19. The number of nitrogen functional groups attached to an aromatic ring is 1. The van der Waals surface area contributed by atoms with E-state index in [0.29, 0.717) is 5.82 Å². The van der Waals surface area contributed by atoms with Crippen molar-refractivity contribution >= 4 is 50.0 Å². The number of pyridine rings is 1. The van der Waals surface area contributed by atoms with E-state index in [2.05, 4.69) is 15.4 Å². The van der Waals surface area contributed by atoms with Crippen LogP contribution in [0.25, 0.3) is 32.6 Å². The Balaban J connectivity index is 1.76. The summed E-state index contributed by atoms with van der Waals surface area (Å²) in [6.45, 7) is 0. The second kappa shape index (κ2) is 6.59. The first kappa shape index (κ1) is 17.2. The normalized spacial score (nSPS) is 11.2. The Morgan fingerprint density at radius 1 is 0.931 bits per heavy atom. The average molecular weight is 382 g/mol. The summed E-state index contributed by atoms with van der Waals surface area (Å²) in [5, 5.41) is 5.48. The van der Waals surface area contributed by atoms with Crippen LogP contribution in [0.15, 0.2) is 72.8 Å². The first-order valence-corrected chi connectivity index (χ1v) is 9.12. The lowest BCUT2D eigenvalue weighted by atomic mass is 10.1. The van der Waals surface area contributed by atoms with Crippen LogP contribution in [0, 0.1) is 0 Å². The summed E-state index contributed by atoms with van der Waals surface area (Å²) in [6.07, 6.45) is 0. The topological polar surface area (TPSA) is 113 Å². The summed E-state index contributed by atoms with van der Waals surface area (Å²) in [5.74, 6) is 11.8. The average Bonchev–Trinajstić information content (AvgIpc) is 3.15. The lowest BCUT2D eigenvalue weighted by Crippen LogP contribution is -2.32. The number of hydrazine groups is 2. The molecule has 0 unspecified atom stereocenters. The van der Waals surface area contributed by atoms with E-state index in [0.717, 1.165) is 38.3 Å². The summed E-state index contributed by atoms with van der Waals surface area (Å²) in [5.41, 5.74) is 4.77. The summed E-state index contributed by atoms with van der Waals surface area (Å²) in [6, 6.07) is 23.5. The second-order valence-corrected chi connectivity index (χ2v) is 6.80. The molecule has 0 fully saturated rings. The van der Waals surface area contributed by atoms with Crippen molar-refractivity contribution in [2.45, 2.75) is 0 Å². The Kier molecular flexibility index (Phi) is 3.90. The van der Waals surface area contributed by atoms with Crippen LogP contribution >= 0.6 is 0 Å². The number of anilines is 2. The number of hydrogen-bond acceptors (Lipinski definition) is 5. The predicted octanol–water partition coefficient (Wildman–Crippen LogP) is 3.48. The molecule has 6 N–H and O–H groups in total. The van der Waals surface area contributed by atoms with Gasteiger partial charge < -0.3 is 4.98 Å². The van der Waals surface area contributed by atoms with Crippen LogP contribution in [0.2, 0.25) is 0 Å². The minimum atomic E-state index is -0.481. The smallest absolute Gasteiger partial charge is 0.283 e. The van der Waals surface area contributed by atoms with E-state index in [-0.39, 0.29) is 5.69 Å². The summed E-state index contributed by atoms with van der Waals surface area (Å²) >= 11 is 0. The van der Waals surface area contributed by atoms with Crippen molar-refractivity contribution in [1.29, 1.82) is 0 Å². The number of H-pyrrole nitrogens is 1. The molecule has 2 aromatic heterocycles. The fourth-order valence-corrected chi connectivity index (χ4v) is 3.64. The van der Waals surface area contributed by atoms with Gasteiger partial charge in [-0.05, 0) is 35.0 Å². The third kappa shape index (κ3) is 2.77. The zero-order valence-electron chi connectivity index (χ0n) is 15.4. The molecule has 0 radical (unpaired) electrons. The van der Waals surface area contributed by atoms with E-state index < -0.39 is 5.91 Å². The molecule has 0 atom stereocenters. The highest BCUT2D eigenvalue weighted by atomic mass is 16.2. The molecule has 142 valence electrons. The van der Waals surface area contributed by atoms with Crippen molar-refractivity contribution in [2.75, 3.05) is 5.01 Å². The highest BCUT2D eigenvalue weighted by Crippen LogP contribution is 2.34. The third-order valence-corrected chi connectivity index (χ3v) is 5.08. The number of nitrogens with zero attached hydrogens (tertiary/aromatic N) is 2. The van der Waals surface area contributed by atoms with Gasteiger partial charge >= 0.3 is 0 Å². The number of aromatic amines is 1. The van der Waals surface area contributed by atoms with Gasteiger partial charge in [0.05, 0.1) is 11.2 Å². The third-order valence-electron chi connectivity index (χ3n) is 5.08. The number of amides is 1. The van der Waals surface area contributed by atoms with Crippen molar-refractivity contribution in [3.05, 3.63) is 78.5 Å². The first-order valence-electron chi connectivity index (χ1n) is 9.12. The second-order valence-electron chi connectivity index (χ2n) is 6.80. The van der Waals surface area contributed by atoms with Gasteiger partial charge in [-0.25, -0.2) is 16.7 Å². The van der Waals surface area contributed by atoms with E-state index >= 15 is 0 Å². The fourth-order valence-electron chi connectivity index (χ4n) is 3.64. The van der Waals surface area contributed by atoms with Gasteiger partial charge in [-0.3, -0.25) is 15.2 Å². The molecule has 5 aromatic rings. The highest BCUT2D eigenvalue weighted by Gasteiger charge is 2.19. The van der Waals surface area contributed by atoms with Crippen molar-refractivity contribution < 1.29 is 4.79 Å². The van der Waals surface area contributed by atoms with Gasteiger partial charge in [0.1, 0.15) is 5.69 Å². The van der Waals surface area contributed by atoms with Crippen LogP contribution in [-0.4, -0.2) is 15.9 Å². The number of para-hydroxylation sites is 1. The number of rotatable bonds is 3. The van der Waals surface area contributed by atoms with E-state index in [1.807, 2.05) is 66.7 Å². The zero-order chi connectivity index (χ0) is 20.0. The van der Waals surface area contributed by atoms with Crippen molar-refractivity contribution in [3.8, 4) is 0 Å². The molecule has 2 heterocycles. The number of aromatic nitrogens is 2. The Hall–Kier alpha value is -3.94. The number of hydrogen-bond donors (Lipinski definition) is 4. The number of carbonyl (C=O) groups excluding carboxylic acids is 1. The van der Waals surface area contributed by atoms with Crippen LogP contribution in [0.3, 0.4) is 0 Å². The molecule has 5 rings (SSSR count). The first-order chi connectivity index (χ1) is 14.2. The Morgan fingerprint density at radius 3 is 2.52 bits per heavy atom. The molecule has 7 heteroatoms. The molecule has 0 bridgehead atoms. The fraction of sp³-hybridized carbons (Fsp3) is 0. The standard InChI is InChI=1S/C22H18N6O/c23-27-22(29)19-12-17-16-7-3-4-8-18(16)25-20(17)21(26-19)28(24)15-10-9-13-5-1-2-6-14(13)11-15/h1-12,25H,23-24H2,(H,27,29). The molecule has 7 nitrogen and oxygen atoms in total. The van der Waals surface area contributed by atoms with Crippen LogP contribution < -0.4 is 22.1 Å². The molecule has 0 aliphatic rings. The van der Waals surface area contributed by atoms with Crippen LogP contribution in [-0.2, 0) is 0 Å². The number of benzene rings is 3. The predicted molar refractivity (Wildman–Crippen MR) is 116 cm³/mol. The Morgan fingerprint density at radius 2 is 1.69 bits per heavy atom. The lowest BCUT2D eigenvalue weighted by molar-refractivity contribution is 0.0949. The SMILES string of the molecule is NNC(=O)c1cc2c([nH]c3ccccc32)c(N(N)c2ccc3ccccc3c2)n1. The van der Waals surface area contributed by atoms with E-state index in [1.165, 1.54) is 5.01 Å². The molecule has 0 aliphatic heterocycles. The highest BCUT2D eigenvalue weighted by molar-refractivity contribution is 6.13. The quantitative estimate of drug-likeness (QED) is 0.217. The monoisotopic (exact) mass is 382 g/mol. The molecular weight excluding hydrogens is 364 g/mol. The molecule has 1 amide bonds. The van der Waals surface area contributed by atoms with Crippen molar-refractivity contribution in [2.24, 2.45) is 11.7 Å². The van der Waals surface area contributed by atoms with Crippen LogP contribution in [0.4, 0.5) is 11.5 Å². The molecule has 0 spiro atoms. The molecule has 3 aromatic carbocycles. The summed E-state index contributed by atoms with van der Waals surface area (Å²) in [4.78, 5) is 20.1. The van der Waals surface area contributed by atoms with E-state index in [4.69, 9.17) is 11.7 Å². The van der Waals surface area contributed by atoms with Gasteiger partial charge in [0.15, 0.2) is 5.82 Å².